The smallest absolute Gasteiger partial charge is 0.387 e. The molecule has 6 nitrogen and oxygen atoms in total. The van der Waals surface area contributed by atoms with Crippen LogP contribution in [-0.4, -0.2) is 32.4 Å². The topological polar surface area (TPSA) is 69.2 Å². The molecule has 0 aliphatic rings. The maximum absolute atomic E-state index is 12.3. The SMILES string of the molecule is COc1cc(/C=N\OCC(=O)Nc2ccccc2Cl)ccc1OC(F)F. The van der Waals surface area contributed by atoms with Crippen molar-refractivity contribution < 1.29 is 27.9 Å². The minimum Gasteiger partial charge on any atom is -0.493 e. The van der Waals surface area contributed by atoms with Crippen molar-refractivity contribution >= 4 is 29.4 Å². The number of amides is 1. The lowest BCUT2D eigenvalue weighted by molar-refractivity contribution is -0.120. The van der Waals surface area contributed by atoms with Crippen LogP contribution in [0.2, 0.25) is 5.02 Å². The highest BCUT2D eigenvalue weighted by Gasteiger charge is 2.10. The highest BCUT2D eigenvalue weighted by Crippen LogP contribution is 2.28. The molecule has 1 amide bonds. The predicted octanol–water partition coefficient (Wildman–Crippen LogP) is 3.94. The van der Waals surface area contributed by atoms with E-state index in [1.165, 1.54) is 31.5 Å². The number of rotatable bonds is 8. The standard InChI is InChI=1S/C17H15ClF2N2O4/c1-24-15-8-11(6-7-14(15)26-17(19)20)9-21-25-10-16(23)22-13-5-3-2-4-12(13)18/h2-9,17H,10H2,1H3,(H,22,23)/b21-9-. The number of carbonyl (C=O) groups is 1. The third-order valence-electron chi connectivity index (χ3n) is 3.02. The van der Waals surface area contributed by atoms with Crippen LogP contribution in [-0.2, 0) is 9.63 Å². The zero-order valence-corrected chi connectivity index (χ0v) is 14.4. The summed E-state index contributed by atoms with van der Waals surface area (Å²) in [6, 6.07) is 11.0. The molecular formula is C17H15ClF2N2O4. The van der Waals surface area contributed by atoms with Gasteiger partial charge in [-0.15, -0.1) is 0 Å². The molecule has 0 radical (unpaired) electrons. The van der Waals surface area contributed by atoms with E-state index >= 15 is 0 Å². The molecule has 2 aromatic rings. The summed E-state index contributed by atoms with van der Waals surface area (Å²) in [5.41, 5.74) is 0.973. The number of alkyl halides is 2. The molecule has 0 heterocycles. The second kappa shape index (κ2) is 9.57. The number of ether oxygens (including phenoxy) is 2. The lowest BCUT2D eigenvalue weighted by atomic mass is 10.2. The Morgan fingerprint density at radius 2 is 2.04 bits per heavy atom. The number of hydrogen-bond donors (Lipinski definition) is 1. The van der Waals surface area contributed by atoms with Crippen LogP contribution in [0.4, 0.5) is 14.5 Å². The molecular weight excluding hydrogens is 370 g/mol. The zero-order chi connectivity index (χ0) is 18.9. The molecule has 2 aromatic carbocycles. The van der Waals surface area contributed by atoms with Gasteiger partial charge in [0.1, 0.15) is 0 Å². The van der Waals surface area contributed by atoms with Crippen molar-refractivity contribution in [2.75, 3.05) is 19.0 Å². The number of carbonyl (C=O) groups excluding carboxylic acids is 1. The van der Waals surface area contributed by atoms with Gasteiger partial charge in [-0.1, -0.05) is 28.9 Å². The maximum Gasteiger partial charge on any atom is 0.387 e. The number of anilines is 1. The minimum absolute atomic E-state index is 0.0975. The Morgan fingerprint density at radius 3 is 2.73 bits per heavy atom. The van der Waals surface area contributed by atoms with Crippen LogP contribution in [0.15, 0.2) is 47.6 Å². The summed E-state index contributed by atoms with van der Waals surface area (Å²) < 4.78 is 33.8. The van der Waals surface area contributed by atoms with Gasteiger partial charge in [-0.05, 0) is 30.3 Å². The van der Waals surface area contributed by atoms with E-state index in [-0.39, 0.29) is 18.1 Å². The Labute approximate surface area is 153 Å². The van der Waals surface area contributed by atoms with Crippen LogP contribution >= 0.6 is 11.6 Å². The lowest BCUT2D eigenvalue weighted by Crippen LogP contribution is -2.17. The molecule has 0 spiro atoms. The van der Waals surface area contributed by atoms with Gasteiger partial charge in [0.05, 0.1) is 24.0 Å². The van der Waals surface area contributed by atoms with Crippen LogP contribution in [0.3, 0.4) is 0 Å². The molecule has 0 aliphatic heterocycles. The number of hydrogen-bond acceptors (Lipinski definition) is 5. The van der Waals surface area contributed by atoms with E-state index in [0.717, 1.165) is 0 Å². The van der Waals surface area contributed by atoms with Gasteiger partial charge in [-0.25, -0.2) is 0 Å². The van der Waals surface area contributed by atoms with Gasteiger partial charge >= 0.3 is 6.61 Å². The highest BCUT2D eigenvalue weighted by molar-refractivity contribution is 6.33. The Balaban J connectivity index is 1.88. The summed E-state index contributed by atoms with van der Waals surface area (Å²) in [6.45, 7) is -3.28. The molecule has 1 N–H and O–H groups in total. The van der Waals surface area contributed by atoms with Crippen molar-refractivity contribution in [2.24, 2.45) is 5.16 Å². The van der Waals surface area contributed by atoms with Gasteiger partial charge in [0.25, 0.3) is 5.91 Å². The zero-order valence-electron chi connectivity index (χ0n) is 13.6. The van der Waals surface area contributed by atoms with Gasteiger partial charge in [0, 0.05) is 5.56 Å². The van der Waals surface area contributed by atoms with Crippen LogP contribution in [0, 0.1) is 0 Å². The normalized spacial score (nSPS) is 10.8. The number of methoxy groups -OCH3 is 1. The van der Waals surface area contributed by atoms with Crippen LogP contribution in [0.5, 0.6) is 11.5 Å². The molecule has 2 rings (SSSR count). The van der Waals surface area contributed by atoms with Gasteiger partial charge in [0.15, 0.2) is 18.1 Å². The summed E-state index contributed by atoms with van der Waals surface area (Å²) in [4.78, 5) is 16.6. The lowest BCUT2D eigenvalue weighted by Gasteiger charge is -2.09. The minimum atomic E-state index is -2.96. The summed E-state index contributed by atoms with van der Waals surface area (Å²) in [6.07, 6.45) is 1.30. The van der Waals surface area contributed by atoms with Crippen molar-refractivity contribution in [3.05, 3.63) is 53.1 Å². The molecule has 0 saturated heterocycles. The van der Waals surface area contributed by atoms with E-state index in [1.807, 2.05) is 0 Å². The van der Waals surface area contributed by atoms with Crippen molar-refractivity contribution in [3.63, 3.8) is 0 Å². The number of benzene rings is 2. The van der Waals surface area contributed by atoms with Crippen molar-refractivity contribution in [2.45, 2.75) is 6.61 Å². The summed E-state index contributed by atoms with van der Waals surface area (Å²) >= 11 is 5.93. The number of para-hydroxylation sites is 1. The Hall–Kier alpha value is -2.87. The van der Waals surface area contributed by atoms with Crippen LogP contribution in [0.25, 0.3) is 0 Å². The quantitative estimate of drug-likeness (QED) is 0.553. The number of halogens is 3. The van der Waals surface area contributed by atoms with Gasteiger partial charge in [0.2, 0.25) is 0 Å². The molecule has 0 aromatic heterocycles. The molecule has 0 aliphatic carbocycles. The van der Waals surface area contributed by atoms with E-state index in [4.69, 9.17) is 21.2 Å². The first-order valence-corrected chi connectivity index (χ1v) is 7.70. The first-order chi connectivity index (χ1) is 12.5. The van der Waals surface area contributed by atoms with Crippen LogP contribution in [0.1, 0.15) is 5.56 Å². The molecule has 26 heavy (non-hydrogen) atoms. The van der Waals surface area contributed by atoms with E-state index in [0.29, 0.717) is 16.3 Å². The molecule has 0 unspecified atom stereocenters. The second-order valence-corrected chi connectivity index (χ2v) is 5.23. The summed E-state index contributed by atoms with van der Waals surface area (Å²) in [5.74, 6) is -0.418. The average Bonchev–Trinajstić information content (AvgIpc) is 2.61. The van der Waals surface area contributed by atoms with E-state index < -0.39 is 12.5 Å². The Bertz CT molecular complexity index is 787. The van der Waals surface area contributed by atoms with Crippen molar-refractivity contribution in [1.29, 1.82) is 0 Å². The van der Waals surface area contributed by atoms with E-state index in [9.17, 15) is 13.6 Å². The molecule has 138 valence electrons. The molecule has 0 atom stereocenters. The highest BCUT2D eigenvalue weighted by atomic mass is 35.5. The molecule has 9 heteroatoms. The fourth-order valence-electron chi connectivity index (χ4n) is 1.90. The largest absolute Gasteiger partial charge is 0.493 e. The monoisotopic (exact) mass is 384 g/mol. The predicted molar refractivity (Wildman–Crippen MR) is 93.3 cm³/mol. The van der Waals surface area contributed by atoms with Gasteiger partial charge in [-0.2, -0.15) is 8.78 Å². The third-order valence-corrected chi connectivity index (χ3v) is 3.35. The fourth-order valence-corrected chi connectivity index (χ4v) is 2.08. The second-order valence-electron chi connectivity index (χ2n) is 4.82. The summed E-state index contributed by atoms with van der Waals surface area (Å²) in [7, 11) is 1.32. The first kappa shape index (κ1) is 19.5. The molecule has 0 saturated carbocycles. The van der Waals surface area contributed by atoms with Crippen molar-refractivity contribution in [3.8, 4) is 11.5 Å². The fraction of sp³-hybridized carbons (Fsp3) is 0.176. The maximum atomic E-state index is 12.3. The molecule has 0 fully saturated rings. The number of oxime groups is 1. The molecule has 0 bridgehead atoms. The van der Waals surface area contributed by atoms with E-state index in [2.05, 4.69) is 15.2 Å². The van der Waals surface area contributed by atoms with Gasteiger partial charge in [-0.3, -0.25) is 4.79 Å². The van der Waals surface area contributed by atoms with E-state index in [1.54, 1.807) is 24.3 Å². The number of nitrogens with zero attached hydrogens (tertiary/aromatic N) is 1. The van der Waals surface area contributed by atoms with Gasteiger partial charge < -0.3 is 19.6 Å². The Morgan fingerprint density at radius 1 is 1.27 bits per heavy atom. The average molecular weight is 385 g/mol. The number of nitrogens with one attached hydrogen (secondary N) is 1. The van der Waals surface area contributed by atoms with Crippen molar-refractivity contribution in [1.82, 2.24) is 0 Å². The van der Waals surface area contributed by atoms with Crippen LogP contribution < -0.4 is 14.8 Å². The third kappa shape index (κ3) is 5.89. The first-order valence-electron chi connectivity index (χ1n) is 7.32. The Kier molecular flexibility index (Phi) is 7.16. The summed E-state index contributed by atoms with van der Waals surface area (Å²) in [5, 5.41) is 6.63.